The van der Waals surface area contributed by atoms with E-state index in [1.807, 2.05) is 30.9 Å². The summed E-state index contributed by atoms with van der Waals surface area (Å²) in [6.45, 7) is 10.6. The summed E-state index contributed by atoms with van der Waals surface area (Å²) in [5.41, 5.74) is 1.19. The molecule has 0 radical (unpaired) electrons. The molecule has 166 valence electrons. The Hall–Kier alpha value is -0.710. The Morgan fingerprint density at radius 1 is 1.31 bits per heavy atom. The molecular formula is C21H37IN4O2S. The SMILES string of the molecule is CN=C(NCc1cccc(OCCN(C)CCOC)c1)N1CCSC(C)(C)C1.I. The van der Waals surface area contributed by atoms with Crippen molar-refractivity contribution in [3.8, 4) is 5.75 Å². The van der Waals surface area contributed by atoms with E-state index < -0.39 is 0 Å². The van der Waals surface area contributed by atoms with E-state index in [4.69, 9.17) is 9.47 Å². The molecule has 1 fully saturated rings. The Morgan fingerprint density at radius 2 is 2.07 bits per heavy atom. The van der Waals surface area contributed by atoms with E-state index in [-0.39, 0.29) is 28.7 Å². The van der Waals surface area contributed by atoms with Crippen molar-refractivity contribution in [1.82, 2.24) is 15.1 Å². The number of methoxy groups -OCH3 is 1. The quantitative estimate of drug-likeness (QED) is 0.298. The first-order valence-corrected chi connectivity index (χ1v) is 10.9. The summed E-state index contributed by atoms with van der Waals surface area (Å²) < 4.78 is 11.3. The highest BCUT2D eigenvalue weighted by Crippen LogP contribution is 2.29. The number of likely N-dealkylation sites (N-methyl/N-ethyl adjacent to an activating group) is 1. The predicted octanol–water partition coefficient (Wildman–Crippen LogP) is 3.16. The first kappa shape index (κ1) is 26.3. The predicted molar refractivity (Wildman–Crippen MR) is 135 cm³/mol. The van der Waals surface area contributed by atoms with Crippen LogP contribution in [-0.4, -0.2) is 86.9 Å². The van der Waals surface area contributed by atoms with Gasteiger partial charge in [-0.15, -0.1) is 24.0 Å². The number of rotatable bonds is 9. The van der Waals surface area contributed by atoms with Gasteiger partial charge in [0.2, 0.25) is 0 Å². The number of hydrogen-bond donors (Lipinski definition) is 1. The Morgan fingerprint density at radius 3 is 2.76 bits per heavy atom. The highest BCUT2D eigenvalue weighted by molar-refractivity contribution is 14.0. The minimum absolute atomic E-state index is 0. The van der Waals surface area contributed by atoms with Gasteiger partial charge in [0, 0.05) is 57.4 Å². The molecule has 1 aliphatic rings. The lowest BCUT2D eigenvalue weighted by atomic mass is 10.2. The molecule has 0 amide bonds. The molecule has 0 aliphatic carbocycles. The molecule has 29 heavy (non-hydrogen) atoms. The van der Waals surface area contributed by atoms with Gasteiger partial charge in [-0.1, -0.05) is 12.1 Å². The fourth-order valence-corrected chi connectivity index (χ4v) is 4.25. The second-order valence-corrected chi connectivity index (χ2v) is 9.52. The van der Waals surface area contributed by atoms with E-state index in [1.54, 1.807) is 7.11 Å². The molecule has 0 atom stereocenters. The van der Waals surface area contributed by atoms with E-state index in [0.717, 1.165) is 56.8 Å². The second-order valence-electron chi connectivity index (χ2n) is 7.72. The summed E-state index contributed by atoms with van der Waals surface area (Å²) >= 11 is 2.03. The lowest BCUT2D eigenvalue weighted by molar-refractivity contribution is 0.150. The molecule has 2 rings (SSSR count). The maximum atomic E-state index is 5.92. The number of guanidine groups is 1. The molecule has 1 aromatic carbocycles. The number of halogens is 1. The summed E-state index contributed by atoms with van der Waals surface area (Å²) in [5, 5.41) is 3.51. The van der Waals surface area contributed by atoms with Gasteiger partial charge in [0.1, 0.15) is 12.4 Å². The molecule has 0 unspecified atom stereocenters. The maximum Gasteiger partial charge on any atom is 0.193 e. The summed E-state index contributed by atoms with van der Waals surface area (Å²) in [5.74, 6) is 3.01. The van der Waals surface area contributed by atoms with Crippen molar-refractivity contribution in [1.29, 1.82) is 0 Å². The summed E-state index contributed by atoms with van der Waals surface area (Å²) in [7, 11) is 5.66. The van der Waals surface area contributed by atoms with Crippen molar-refractivity contribution >= 4 is 41.7 Å². The first-order chi connectivity index (χ1) is 13.4. The molecule has 0 bridgehead atoms. The molecule has 0 spiro atoms. The molecule has 1 aromatic rings. The van der Waals surface area contributed by atoms with Gasteiger partial charge >= 0.3 is 0 Å². The van der Waals surface area contributed by atoms with Gasteiger partial charge in [-0.2, -0.15) is 11.8 Å². The van der Waals surface area contributed by atoms with E-state index >= 15 is 0 Å². The number of benzene rings is 1. The minimum atomic E-state index is 0. The number of nitrogens with one attached hydrogen (secondary N) is 1. The Kier molecular flexibility index (Phi) is 12.3. The monoisotopic (exact) mass is 536 g/mol. The Balaban J connectivity index is 0.00000420. The van der Waals surface area contributed by atoms with E-state index in [0.29, 0.717) is 6.61 Å². The van der Waals surface area contributed by atoms with Crippen molar-refractivity contribution in [3.63, 3.8) is 0 Å². The third-order valence-electron chi connectivity index (χ3n) is 4.70. The van der Waals surface area contributed by atoms with E-state index in [9.17, 15) is 0 Å². The smallest absolute Gasteiger partial charge is 0.193 e. The molecule has 0 saturated carbocycles. The minimum Gasteiger partial charge on any atom is -0.492 e. The summed E-state index contributed by atoms with van der Waals surface area (Å²) in [4.78, 5) is 9.04. The third kappa shape index (κ3) is 9.76. The molecule has 0 aromatic heterocycles. The number of thioether (sulfide) groups is 1. The van der Waals surface area contributed by atoms with Crippen LogP contribution in [0.25, 0.3) is 0 Å². The van der Waals surface area contributed by atoms with Gasteiger partial charge in [-0.3, -0.25) is 4.99 Å². The molecule has 6 nitrogen and oxygen atoms in total. The molecule has 1 N–H and O–H groups in total. The zero-order chi connectivity index (χ0) is 20.4. The van der Waals surface area contributed by atoms with Gasteiger partial charge in [-0.05, 0) is 38.6 Å². The number of aliphatic imine (C=N–C) groups is 1. The van der Waals surface area contributed by atoms with Crippen LogP contribution in [0.15, 0.2) is 29.3 Å². The van der Waals surface area contributed by atoms with Crippen molar-refractivity contribution in [2.45, 2.75) is 25.1 Å². The van der Waals surface area contributed by atoms with Gasteiger partial charge < -0.3 is 24.6 Å². The van der Waals surface area contributed by atoms with Crippen LogP contribution in [-0.2, 0) is 11.3 Å². The Labute approximate surface area is 197 Å². The maximum absolute atomic E-state index is 5.92. The van der Waals surface area contributed by atoms with Crippen LogP contribution in [0.4, 0.5) is 0 Å². The first-order valence-electron chi connectivity index (χ1n) is 9.92. The van der Waals surface area contributed by atoms with Crippen molar-refractivity contribution in [2.75, 3.05) is 66.4 Å². The van der Waals surface area contributed by atoms with Gasteiger partial charge in [-0.25, -0.2) is 0 Å². The average Bonchev–Trinajstić information content (AvgIpc) is 2.66. The fourth-order valence-electron chi connectivity index (χ4n) is 3.13. The van der Waals surface area contributed by atoms with Gasteiger partial charge in [0.25, 0.3) is 0 Å². The van der Waals surface area contributed by atoms with Crippen LogP contribution < -0.4 is 10.1 Å². The molecule has 1 heterocycles. The average molecular weight is 537 g/mol. The number of nitrogens with zero attached hydrogens (tertiary/aromatic N) is 3. The molecule has 8 heteroatoms. The molecule has 1 saturated heterocycles. The number of ether oxygens (including phenoxy) is 2. The lowest BCUT2D eigenvalue weighted by Crippen LogP contribution is -2.50. The third-order valence-corrected chi connectivity index (χ3v) is 6.00. The van der Waals surface area contributed by atoms with Gasteiger partial charge in [0.05, 0.1) is 6.61 Å². The van der Waals surface area contributed by atoms with Crippen LogP contribution in [0.5, 0.6) is 5.75 Å². The van der Waals surface area contributed by atoms with Crippen LogP contribution in [0.1, 0.15) is 19.4 Å². The zero-order valence-corrected chi connectivity index (χ0v) is 21.6. The van der Waals surface area contributed by atoms with E-state index in [2.05, 4.69) is 53.1 Å². The highest BCUT2D eigenvalue weighted by atomic mass is 127. The van der Waals surface area contributed by atoms with Crippen molar-refractivity contribution in [2.24, 2.45) is 4.99 Å². The van der Waals surface area contributed by atoms with Crippen molar-refractivity contribution < 1.29 is 9.47 Å². The summed E-state index contributed by atoms with van der Waals surface area (Å²) in [6, 6.07) is 8.28. The van der Waals surface area contributed by atoms with Gasteiger partial charge in [0.15, 0.2) is 5.96 Å². The molecule has 1 aliphatic heterocycles. The second kappa shape index (κ2) is 13.6. The zero-order valence-electron chi connectivity index (χ0n) is 18.4. The normalized spacial score (nSPS) is 16.5. The van der Waals surface area contributed by atoms with Crippen LogP contribution in [0.2, 0.25) is 0 Å². The highest BCUT2D eigenvalue weighted by Gasteiger charge is 2.28. The number of hydrogen-bond acceptors (Lipinski definition) is 5. The lowest BCUT2D eigenvalue weighted by Gasteiger charge is -2.39. The van der Waals surface area contributed by atoms with E-state index in [1.165, 1.54) is 5.56 Å². The topological polar surface area (TPSA) is 49.3 Å². The van der Waals surface area contributed by atoms with Crippen molar-refractivity contribution in [3.05, 3.63) is 29.8 Å². The Bertz CT molecular complexity index is 630. The van der Waals surface area contributed by atoms with Crippen LogP contribution >= 0.6 is 35.7 Å². The van der Waals surface area contributed by atoms with Crippen LogP contribution in [0, 0.1) is 0 Å². The standard InChI is InChI=1S/C21H36N4O2S.HI/c1-21(2)17-25(11-14-28-21)20(22-3)23-16-18-7-6-8-19(15-18)27-13-10-24(4)9-12-26-5;/h6-8,15H,9-14,16-17H2,1-5H3,(H,22,23);1H. The molecular weight excluding hydrogens is 499 g/mol. The fraction of sp³-hybridized carbons (Fsp3) is 0.667. The van der Waals surface area contributed by atoms with Crippen LogP contribution in [0.3, 0.4) is 0 Å². The summed E-state index contributed by atoms with van der Waals surface area (Å²) in [6.07, 6.45) is 0. The largest absolute Gasteiger partial charge is 0.492 e.